The molecule has 1 amide bonds. The predicted molar refractivity (Wildman–Crippen MR) is 75.4 cm³/mol. The van der Waals surface area contributed by atoms with E-state index in [-0.39, 0.29) is 17.9 Å². The fourth-order valence-electron chi connectivity index (χ4n) is 2.27. The van der Waals surface area contributed by atoms with Crippen LogP contribution in [0.4, 0.5) is 0 Å². The second-order valence-corrected chi connectivity index (χ2v) is 5.97. The largest absolute Gasteiger partial charge is 0.481 e. The van der Waals surface area contributed by atoms with Gasteiger partial charge in [-0.2, -0.15) is 0 Å². The lowest BCUT2D eigenvalue weighted by atomic mass is 10.1. The number of rotatable bonds is 3. The molecule has 2 atom stereocenters. The fraction of sp³-hybridized carbons (Fsp3) is 0.385. The molecule has 2 rings (SSSR count). The van der Waals surface area contributed by atoms with Crippen LogP contribution in [0.5, 0.6) is 0 Å². The van der Waals surface area contributed by atoms with Crippen molar-refractivity contribution in [3.05, 3.63) is 33.3 Å². The van der Waals surface area contributed by atoms with Gasteiger partial charge in [0.2, 0.25) is 0 Å². The van der Waals surface area contributed by atoms with Gasteiger partial charge >= 0.3 is 5.97 Å². The van der Waals surface area contributed by atoms with Gasteiger partial charge in [0.1, 0.15) is 0 Å². The van der Waals surface area contributed by atoms with E-state index in [1.165, 1.54) is 0 Å². The Balaban J connectivity index is 2.00. The molecule has 0 heterocycles. The van der Waals surface area contributed by atoms with Gasteiger partial charge in [-0.1, -0.05) is 27.5 Å². The van der Waals surface area contributed by atoms with E-state index in [9.17, 15) is 9.59 Å². The van der Waals surface area contributed by atoms with Gasteiger partial charge in [0.15, 0.2) is 0 Å². The van der Waals surface area contributed by atoms with Crippen LogP contribution in [0.1, 0.15) is 29.6 Å². The highest BCUT2D eigenvalue weighted by Crippen LogP contribution is 2.27. The van der Waals surface area contributed by atoms with Gasteiger partial charge in [-0.05, 0) is 37.5 Å². The Bertz CT molecular complexity index is 521. The second-order valence-electron chi connectivity index (χ2n) is 4.64. The first kappa shape index (κ1) is 14.3. The number of amides is 1. The summed E-state index contributed by atoms with van der Waals surface area (Å²) in [6.45, 7) is 0. The monoisotopic (exact) mass is 345 g/mol. The first-order valence-corrected chi connectivity index (χ1v) is 7.13. The topological polar surface area (TPSA) is 66.4 Å². The maximum absolute atomic E-state index is 12.1. The highest BCUT2D eigenvalue weighted by atomic mass is 79.9. The molecule has 1 saturated carbocycles. The zero-order chi connectivity index (χ0) is 14.0. The Morgan fingerprint density at radius 3 is 2.68 bits per heavy atom. The first-order valence-electron chi connectivity index (χ1n) is 5.96. The zero-order valence-corrected chi connectivity index (χ0v) is 12.4. The highest BCUT2D eigenvalue weighted by Gasteiger charge is 2.30. The van der Waals surface area contributed by atoms with Gasteiger partial charge in [-0.3, -0.25) is 9.59 Å². The molecular formula is C13H13BrClNO3. The summed E-state index contributed by atoms with van der Waals surface area (Å²) >= 11 is 9.28. The minimum Gasteiger partial charge on any atom is -0.481 e. The van der Waals surface area contributed by atoms with Crippen molar-refractivity contribution in [1.29, 1.82) is 0 Å². The number of carbonyl (C=O) groups is 2. The summed E-state index contributed by atoms with van der Waals surface area (Å²) in [4.78, 5) is 22.9. The summed E-state index contributed by atoms with van der Waals surface area (Å²) in [5.41, 5.74) is 0.406. The minimum absolute atomic E-state index is 0.0895. The third-order valence-corrected chi connectivity index (χ3v) is 4.10. The van der Waals surface area contributed by atoms with E-state index in [0.717, 1.165) is 4.47 Å². The maximum Gasteiger partial charge on any atom is 0.306 e. The van der Waals surface area contributed by atoms with Crippen molar-refractivity contribution in [3.8, 4) is 0 Å². The molecule has 1 aromatic carbocycles. The summed E-state index contributed by atoms with van der Waals surface area (Å²) in [6.07, 6.45) is 1.78. The Labute approximate surface area is 124 Å². The lowest BCUT2D eigenvalue weighted by Gasteiger charge is -2.13. The predicted octanol–water partition coefficient (Wildman–Crippen LogP) is 3.09. The molecule has 102 valence electrons. The molecule has 0 spiro atoms. The standard InChI is InChI=1S/C13H13BrClNO3/c14-8-2-4-10(11(15)6-8)12(17)16-9-3-1-7(5-9)13(18)19/h2,4,6-7,9H,1,3,5H2,(H,16,17)(H,18,19)/t7-,9+/m1/s1. The van der Waals surface area contributed by atoms with E-state index in [2.05, 4.69) is 21.2 Å². The Morgan fingerprint density at radius 2 is 2.11 bits per heavy atom. The maximum atomic E-state index is 12.1. The first-order chi connectivity index (χ1) is 8.97. The molecule has 0 saturated heterocycles. The van der Waals surface area contributed by atoms with Crippen molar-refractivity contribution in [1.82, 2.24) is 5.32 Å². The van der Waals surface area contributed by atoms with Crippen molar-refractivity contribution < 1.29 is 14.7 Å². The fourth-order valence-corrected chi connectivity index (χ4v) is 3.03. The summed E-state index contributed by atoms with van der Waals surface area (Å²) in [5, 5.41) is 12.1. The van der Waals surface area contributed by atoms with Crippen LogP contribution in [-0.2, 0) is 4.79 Å². The number of carboxylic acid groups (broad SMARTS) is 1. The van der Waals surface area contributed by atoms with Crippen molar-refractivity contribution in [2.24, 2.45) is 5.92 Å². The van der Waals surface area contributed by atoms with Crippen LogP contribution < -0.4 is 5.32 Å². The minimum atomic E-state index is -0.793. The molecule has 1 aliphatic carbocycles. The molecule has 1 fully saturated rings. The molecule has 0 aromatic heterocycles. The van der Waals surface area contributed by atoms with Gasteiger partial charge in [0.25, 0.3) is 5.91 Å². The van der Waals surface area contributed by atoms with E-state index in [4.69, 9.17) is 16.7 Å². The number of nitrogens with one attached hydrogen (secondary N) is 1. The van der Waals surface area contributed by atoms with Crippen molar-refractivity contribution in [3.63, 3.8) is 0 Å². The third-order valence-electron chi connectivity index (χ3n) is 3.29. The molecule has 1 aliphatic rings. The van der Waals surface area contributed by atoms with Gasteiger partial charge in [-0.25, -0.2) is 0 Å². The molecule has 2 N–H and O–H groups in total. The van der Waals surface area contributed by atoms with Crippen LogP contribution in [0.3, 0.4) is 0 Å². The molecule has 4 nitrogen and oxygen atoms in total. The SMILES string of the molecule is O=C(N[C@H]1CC[C@@H](C(=O)O)C1)c1ccc(Br)cc1Cl. The van der Waals surface area contributed by atoms with Gasteiger partial charge in [0.05, 0.1) is 16.5 Å². The quantitative estimate of drug-likeness (QED) is 0.884. The van der Waals surface area contributed by atoms with Gasteiger partial charge < -0.3 is 10.4 Å². The van der Waals surface area contributed by atoms with E-state index in [1.807, 2.05) is 0 Å². The molecule has 0 radical (unpaired) electrons. The van der Waals surface area contributed by atoms with Gasteiger partial charge in [-0.15, -0.1) is 0 Å². The van der Waals surface area contributed by atoms with Crippen LogP contribution in [-0.4, -0.2) is 23.0 Å². The molecule has 6 heteroatoms. The molecule has 0 bridgehead atoms. The number of carbonyl (C=O) groups excluding carboxylic acids is 1. The molecule has 1 aromatic rings. The number of hydrogen-bond donors (Lipinski definition) is 2. The highest BCUT2D eigenvalue weighted by molar-refractivity contribution is 9.10. The van der Waals surface area contributed by atoms with Crippen LogP contribution in [0, 0.1) is 5.92 Å². The van der Waals surface area contributed by atoms with Crippen LogP contribution in [0.2, 0.25) is 5.02 Å². The van der Waals surface area contributed by atoms with Crippen molar-refractivity contribution in [2.45, 2.75) is 25.3 Å². The van der Waals surface area contributed by atoms with E-state index in [0.29, 0.717) is 29.8 Å². The lowest BCUT2D eigenvalue weighted by Crippen LogP contribution is -2.33. The van der Waals surface area contributed by atoms with E-state index >= 15 is 0 Å². The van der Waals surface area contributed by atoms with Crippen molar-refractivity contribution >= 4 is 39.4 Å². The average Bonchev–Trinajstić information content (AvgIpc) is 2.77. The van der Waals surface area contributed by atoms with Crippen molar-refractivity contribution in [2.75, 3.05) is 0 Å². The lowest BCUT2D eigenvalue weighted by molar-refractivity contribution is -0.141. The zero-order valence-electron chi connectivity index (χ0n) is 10.0. The number of aliphatic carboxylic acids is 1. The van der Waals surface area contributed by atoms with Crippen LogP contribution >= 0.6 is 27.5 Å². The smallest absolute Gasteiger partial charge is 0.306 e. The van der Waals surface area contributed by atoms with E-state index in [1.54, 1.807) is 18.2 Å². The Morgan fingerprint density at radius 1 is 1.37 bits per heavy atom. The van der Waals surface area contributed by atoms with E-state index < -0.39 is 5.97 Å². The van der Waals surface area contributed by atoms with Crippen LogP contribution in [0.25, 0.3) is 0 Å². The number of hydrogen-bond acceptors (Lipinski definition) is 2. The van der Waals surface area contributed by atoms with Crippen LogP contribution in [0.15, 0.2) is 22.7 Å². The molecule has 0 aliphatic heterocycles. The molecule has 0 unspecified atom stereocenters. The normalized spacial score (nSPS) is 22.2. The van der Waals surface area contributed by atoms with Gasteiger partial charge in [0, 0.05) is 10.5 Å². The third kappa shape index (κ3) is 3.48. The molecular weight excluding hydrogens is 334 g/mol. The summed E-state index contributed by atoms with van der Waals surface area (Å²) < 4.78 is 0.806. The number of carboxylic acids is 1. The second kappa shape index (κ2) is 5.92. The molecule has 19 heavy (non-hydrogen) atoms. The Hall–Kier alpha value is -1.07. The average molecular weight is 347 g/mol. The summed E-state index contributed by atoms with van der Waals surface area (Å²) in [6, 6.07) is 4.96. The number of halogens is 2. The summed E-state index contributed by atoms with van der Waals surface area (Å²) in [7, 11) is 0. The number of benzene rings is 1. The Kier molecular flexibility index (Phi) is 4.47. The summed E-state index contributed by atoms with van der Waals surface area (Å²) in [5.74, 6) is -1.40.